The number of carbonyl (C=O) groups excluding carboxylic acids is 2. The van der Waals surface area contributed by atoms with Crippen LogP contribution in [0.25, 0.3) is 0 Å². The van der Waals surface area contributed by atoms with Gasteiger partial charge in [-0.2, -0.15) is 0 Å². The van der Waals surface area contributed by atoms with Gasteiger partial charge in [-0.3, -0.25) is 9.59 Å². The molecule has 146 valence electrons. The predicted molar refractivity (Wildman–Crippen MR) is 99.3 cm³/mol. The zero-order valence-electron chi connectivity index (χ0n) is 15.7. The Bertz CT molecular complexity index is 732. The number of aliphatic hydroxyl groups is 1. The molecule has 1 aromatic rings. The van der Waals surface area contributed by atoms with E-state index in [1.165, 1.54) is 0 Å². The Morgan fingerprint density at radius 1 is 1.19 bits per heavy atom. The van der Waals surface area contributed by atoms with Crippen molar-refractivity contribution in [1.29, 1.82) is 0 Å². The average Bonchev–Trinajstić information content (AvgIpc) is 2.59. The Morgan fingerprint density at radius 2 is 1.89 bits per heavy atom. The third-order valence-electron chi connectivity index (χ3n) is 6.26. The van der Waals surface area contributed by atoms with Gasteiger partial charge in [-0.05, 0) is 69.4 Å². The molecule has 0 saturated heterocycles. The van der Waals surface area contributed by atoms with Crippen molar-refractivity contribution in [1.82, 2.24) is 0 Å². The molecule has 4 aliphatic carbocycles. The van der Waals surface area contributed by atoms with Crippen molar-refractivity contribution in [2.75, 3.05) is 18.5 Å². The standard InChI is InChI=1S/C21H27NO5/c1-2-26-17-6-4-3-5-16(17)22-18(23)12-27-19(24)20-8-14-7-15(9-20)11-21(25,10-14)13-20/h3-6,14-15,25H,2,7-13H2,1H3,(H,22,23)/t14-,15+,20?,21?. The lowest BCUT2D eigenvalue weighted by Crippen LogP contribution is -2.58. The van der Waals surface area contributed by atoms with E-state index in [2.05, 4.69) is 5.32 Å². The molecular weight excluding hydrogens is 346 g/mol. The van der Waals surface area contributed by atoms with Crippen molar-refractivity contribution in [3.05, 3.63) is 24.3 Å². The van der Waals surface area contributed by atoms with Gasteiger partial charge in [0.2, 0.25) is 0 Å². The summed E-state index contributed by atoms with van der Waals surface area (Å²) in [6.07, 6.45) is 4.73. The SMILES string of the molecule is CCOc1ccccc1NC(=O)COC(=O)C12C[C@@H]3C[C@@H](CC(O)(C3)C1)C2. The van der Waals surface area contributed by atoms with Gasteiger partial charge >= 0.3 is 5.97 Å². The van der Waals surface area contributed by atoms with Crippen LogP contribution >= 0.6 is 0 Å². The topological polar surface area (TPSA) is 84.9 Å². The first-order valence-corrected chi connectivity index (χ1v) is 9.83. The summed E-state index contributed by atoms with van der Waals surface area (Å²) in [6.45, 7) is 2.05. The van der Waals surface area contributed by atoms with E-state index in [1.54, 1.807) is 18.2 Å². The summed E-state index contributed by atoms with van der Waals surface area (Å²) in [7, 11) is 0. The third kappa shape index (κ3) is 3.55. The summed E-state index contributed by atoms with van der Waals surface area (Å²) in [5.74, 6) is 0.664. The summed E-state index contributed by atoms with van der Waals surface area (Å²) in [5.41, 5.74) is -0.769. The highest BCUT2D eigenvalue weighted by molar-refractivity contribution is 5.94. The van der Waals surface area contributed by atoms with E-state index in [-0.39, 0.29) is 18.5 Å². The van der Waals surface area contributed by atoms with Gasteiger partial charge in [0.1, 0.15) is 5.75 Å². The van der Waals surface area contributed by atoms with E-state index in [9.17, 15) is 14.7 Å². The number of para-hydroxylation sites is 2. The normalized spacial score (nSPS) is 33.6. The lowest BCUT2D eigenvalue weighted by Gasteiger charge is -2.58. The maximum atomic E-state index is 12.8. The number of rotatable bonds is 6. The molecule has 4 aliphatic rings. The van der Waals surface area contributed by atoms with Crippen LogP contribution in [0.2, 0.25) is 0 Å². The fraction of sp³-hybridized carbons (Fsp3) is 0.619. The van der Waals surface area contributed by atoms with Gasteiger partial charge in [0.05, 0.1) is 23.3 Å². The molecule has 2 N–H and O–H groups in total. The minimum atomic E-state index is -0.720. The van der Waals surface area contributed by atoms with E-state index in [0.29, 0.717) is 36.3 Å². The fourth-order valence-corrected chi connectivity index (χ4v) is 5.77. The van der Waals surface area contributed by atoms with Crippen LogP contribution in [0.4, 0.5) is 5.69 Å². The van der Waals surface area contributed by atoms with E-state index < -0.39 is 11.0 Å². The minimum Gasteiger partial charge on any atom is -0.492 e. The van der Waals surface area contributed by atoms with E-state index in [4.69, 9.17) is 9.47 Å². The van der Waals surface area contributed by atoms with Gasteiger partial charge in [0, 0.05) is 0 Å². The number of hydrogen-bond acceptors (Lipinski definition) is 5. The zero-order chi connectivity index (χ0) is 19.1. The Labute approximate surface area is 159 Å². The lowest BCUT2D eigenvalue weighted by molar-refractivity contribution is -0.196. The lowest BCUT2D eigenvalue weighted by atomic mass is 9.48. The second-order valence-corrected chi connectivity index (χ2v) is 8.52. The number of benzene rings is 1. The van der Waals surface area contributed by atoms with Crippen LogP contribution in [-0.2, 0) is 14.3 Å². The number of ether oxygens (including phenoxy) is 2. The van der Waals surface area contributed by atoms with Crippen molar-refractivity contribution in [2.24, 2.45) is 17.3 Å². The van der Waals surface area contributed by atoms with Crippen molar-refractivity contribution in [3.63, 3.8) is 0 Å². The Hall–Kier alpha value is -2.08. The van der Waals surface area contributed by atoms with Crippen LogP contribution in [0.3, 0.4) is 0 Å². The molecule has 1 amide bonds. The number of hydrogen-bond donors (Lipinski definition) is 2. The molecule has 1 aromatic carbocycles. The maximum Gasteiger partial charge on any atom is 0.312 e. The largest absolute Gasteiger partial charge is 0.492 e. The number of nitrogens with one attached hydrogen (secondary N) is 1. The van der Waals surface area contributed by atoms with Gasteiger partial charge in [0.25, 0.3) is 5.91 Å². The molecular formula is C21H27NO5. The van der Waals surface area contributed by atoms with Crippen molar-refractivity contribution < 1.29 is 24.2 Å². The molecule has 0 aliphatic heterocycles. The van der Waals surface area contributed by atoms with Gasteiger partial charge in [-0.25, -0.2) is 0 Å². The Balaban J connectivity index is 1.36. The van der Waals surface area contributed by atoms with Crippen LogP contribution < -0.4 is 10.1 Å². The van der Waals surface area contributed by atoms with Crippen molar-refractivity contribution >= 4 is 17.6 Å². The third-order valence-corrected chi connectivity index (χ3v) is 6.26. The minimum absolute atomic E-state index is 0.325. The second-order valence-electron chi connectivity index (χ2n) is 8.52. The molecule has 4 saturated carbocycles. The van der Waals surface area contributed by atoms with Gasteiger partial charge in [-0.1, -0.05) is 12.1 Å². The molecule has 4 atom stereocenters. The van der Waals surface area contributed by atoms with E-state index >= 15 is 0 Å². The number of anilines is 1. The molecule has 4 fully saturated rings. The van der Waals surface area contributed by atoms with E-state index in [1.807, 2.05) is 13.0 Å². The quantitative estimate of drug-likeness (QED) is 0.749. The molecule has 5 rings (SSSR count). The highest BCUT2D eigenvalue weighted by Crippen LogP contribution is 2.61. The first kappa shape index (κ1) is 18.3. The maximum absolute atomic E-state index is 12.8. The van der Waals surface area contributed by atoms with Crippen LogP contribution in [0.5, 0.6) is 5.75 Å². The van der Waals surface area contributed by atoms with Crippen LogP contribution in [0.15, 0.2) is 24.3 Å². The molecule has 27 heavy (non-hydrogen) atoms. The highest BCUT2D eigenvalue weighted by Gasteiger charge is 2.60. The first-order valence-electron chi connectivity index (χ1n) is 9.83. The van der Waals surface area contributed by atoms with Crippen molar-refractivity contribution in [3.8, 4) is 5.75 Å². The second kappa shape index (κ2) is 6.82. The summed E-state index contributed by atoms with van der Waals surface area (Å²) in [5, 5.41) is 13.5. The predicted octanol–water partition coefficient (Wildman–Crippen LogP) is 2.90. The molecule has 0 heterocycles. The molecule has 2 unspecified atom stereocenters. The average molecular weight is 373 g/mol. The van der Waals surface area contributed by atoms with Crippen molar-refractivity contribution in [2.45, 2.75) is 51.0 Å². The number of carbonyl (C=O) groups is 2. The molecule has 6 heteroatoms. The van der Waals surface area contributed by atoms with Crippen LogP contribution in [-0.4, -0.2) is 35.8 Å². The molecule has 0 radical (unpaired) electrons. The van der Waals surface area contributed by atoms with Gasteiger partial charge in [-0.15, -0.1) is 0 Å². The van der Waals surface area contributed by atoms with Gasteiger partial charge < -0.3 is 19.9 Å². The zero-order valence-corrected chi connectivity index (χ0v) is 15.7. The molecule has 0 aromatic heterocycles. The monoisotopic (exact) mass is 373 g/mol. The van der Waals surface area contributed by atoms with Crippen LogP contribution in [0.1, 0.15) is 45.4 Å². The van der Waals surface area contributed by atoms with Crippen LogP contribution in [0, 0.1) is 17.3 Å². The Kier molecular flexibility index (Phi) is 4.62. The smallest absolute Gasteiger partial charge is 0.312 e. The summed E-state index contributed by atoms with van der Waals surface area (Å²) in [6, 6.07) is 7.17. The molecule has 6 nitrogen and oxygen atoms in total. The summed E-state index contributed by atoms with van der Waals surface area (Å²) >= 11 is 0. The highest BCUT2D eigenvalue weighted by atomic mass is 16.5. The molecule has 4 bridgehead atoms. The van der Waals surface area contributed by atoms with E-state index in [0.717, 1.165) is 32.1 Å². The summed E-state index contributed by atoms with van der Waals surface area (Å²) < 4.78 is 10.9. The Morgan fingerprint density at radius 3 is 2.56 bits per heavy atom. The number of esters is 1. The van der Waals surface area contributed by atoms with Gasteiger partial charge in [0.15, 0.2) is 6.61 Å². The summed E-state index contributed by atoms with van der Waals surface area (Å²) in [4.78, 5) is 25.1. The molecule has 0 spiro atoms. The number of amides is 1. The fourth-order valence-electron chi connectivity index (χ4n) is 5.77. The first-order chi connectivity index (χ1) is 12.9.